The minimum absolute atomic E-state index is 0.00633. The molecule has 0 saturated carbocycles. The van der Waals surface area contributed by atoms with Crippen LogP contribution >= 0.6 is 11.6 Å². The Morgan fingerprint density at radius 3 is 2.80 bits per heavy atom. The fourth-order valence-corrected chi connectivity index (χ4v) is 3.62. The van der Waals surface area contributed by atoms with Gasteiger partial charge >= 0.3 is 0 Å². The van der Waals surface area contributed by atoms with Crippen LogP contribution in [0.2, 0.25) is 5.02 Å². The Labute approximate surface area is 125 Å². The third-order valence-corrected chi connectivity index (χ3v) is 4.75. The first-order valence-electron chi connectivity index (χ1n) is 7.55. The fourth-order valence-electron chi connectivity index (χ4n) is 3.36. The van der Waals surface area contributed by atoms with Crippen molar-refractivity contribution >= 4 is 17.5 Å². The van der Waals surface area contributed by atoms with Crippen LogP contribution in [0.25, 0.3) is 0 Å². The molecule has 4 heteroatoms. The molecule has 0 aromatic heterocycles. The Hall–Kier alpha value is -1.06. The number of likely N-dealkylation sites (tertiary alicyclic amines) is 1. The van der Waals surface area contributed by atoms with Crippen molar-refractivity contribution in [1.29, 1.82) is 0 Å². The van der Waals surface area contributed by atoms with Crippen LogP contribution in [0.1, 0.15) is 43.7 Å². The molecule has 2 aliphatic heterocycles. The second-order valence-electron chi connectivity index (χ2n) is 5.71. The minimum Gasteiger partial charge on any atom is -0.334 e. The van der Waals surface area contributed by atoms with Crippen LogP contribution in [0, 0.1) is 0 Å². The highest BCUT2D eigenvalue weighted by Crippen LogP contribution is 2.36. The van der Waals surface area contributed by atoms with Gasteiger partial charge < -0.3 is 10.2 Å². The van der Waals surface area contributed by atoms with Gasteiger partial charge in [-0.2, -0.15) is 0 Å². The van der Waals surface area contributed by atoms with E-state index < -0.39 is 0 Å². The number of halogens is 1. The molecule has 2 saturated heterocycles. The predicted octanol–water partition coefficient (Wildman–Crippen LogP) is 3.15. The van der Waals surface area contributed by atoms with Gasteiger partial charge in [0, 0.05) is 11.6 Å². The van der Waals surface area contributed by atoms with E-state index in [9.17, 15) is 4.79 Å². The quantitative estimate of drug-likeness (QED) is 0.908. The fraction of sp³-hybridized carbons (Fsp3) is 0.562. The zero-order chi connectivity index (χ0) is 13.9. The number of benzene rings is 1. The first kappa shape index (κ1) is 13.9. The van der Waals surface area contributed by atoms with E-state index in [1.54, 1.807) is 0 Å². The smallest absolute Gasteiger partial charge is 0.240 e. The summed E-state index contributed by atoms with van der Waals surface area (Å²) in [6, 6.07) is 8.06. The molecule has 2 aliphatic rings. The lowest BCUT2D eigenvalue weighted by Crippen LogP contribution is -2.48. The predicted molar refractivity (Wildman–Crippen MR) is 80.8 cm³/mol. The molecule has 1 aromatic carbocycles. The number of carbonyl (C=O) groups excluding carboxylic acids is 1. The molecular formula is C16H21ClN2O. The summed E-state index contributed by atoms with van der Waals surface area (Å²) in [5.41, 5.74) is 1.09. The summed E-state index contributed by atoms with van der Waals surface area (Å²) >= 11 is 6.31. The van der Waals surface area contributed by atoms with Crippen molar-refractivity contribution in [3.63, 3.8) is 0 Å². The average molecular weight is 293 g/mol. The van der Waals surface area contributed by atoms with Crippen molar-refractivity contribution in [3.8, 4) is 0 Å². The minimum atomic E-state index is 0.00633. The maximum absolute atomic E-state index is 12.7. The Morgan fingerprint density at radius 1 is 1.20 bits per heavy atom. The van der Waals surface area contributed by atoms with Crippen molar-refractivity contribution in [2.24, 2.45) is 0 Å². The van der Waals surface area contributed by atoms with E-state index in [-0.39, 0.29) is 18.0 Å². The maximum atomic E-state index is 12.7. The number of rotatable bonds is 2. The monoisotopic (exact) mass is 292 g/mol. The van der Waals surface area contributed by atoms with E-state index >= 15 is 0 Å². The largest absolute Gasteiger partial charge is 0.334 e. The zero-order valence-corrected chi connectivity index (χ0v) is 12.4. The number of nitrogens with zero attached hydrogens (tertiary/aromatic N) is 1. The highest BCUT2D eigenvalue weighted by atomic mass is 35.5. The van der Waals surface area contributed by atoms with Crippen LogP contribution < -0.4 is 5.32 Å². The number of piperidine rings is 1. The molecule has 108 valence electrons. The molecule has 0 bridgehead atoms. The van der Waals surface area contributed by atoms with Crippen LogP contribution in [0.15, 0.2) is 24.3 Å². The molecule has 2 fully saturated rings. The summed E-state index contributed by atoms with van der Waals surface area (Å²) < 4.78 is 0. The molecule has 3 nitrogen and oxygen atoms in total. The lowest BCUT2D eigenvalue weighted by atomic mass is 10.0. The molecule has 0 aliphatic carbocycles. The second-order valence-corrected chi connectivity index (χ2v) is 6.12. The van der Waals surface area contributed by atoms with Crippen molar-refractivity contribution in [2.75, 3.05) is 13.1 Å². The molecule has 3 rings (SSSR count). The number of carbonyl (C=O) groups is 1. The SMILES string of the molecule is O=C([C@@H]1CCCCN1)N1CCCC1c1ccccc1Cl. The van der Waals surface area contributed by atoms with E-state index in [2.05, 4.69) is 5.32 Å². The third-order valence-electron chi connectivity index (χ3n) is 4.41. The Morgan fingerprint density at radius 2 is 2.05 bits per heavy atom. The van der Waals surface area contributed by atoms with E-state index in [0.29, 0.717) is 0 Å². The number of hydrogen-bond acceptors (Lipinski definition) is 2. The van der Waals surface area contributed by atoms with Crippen molar-refractivity contribution in [1.82, 2.24) is 10.2 Å². The standard InChI is InChI=1S/C16H21ClN2O/c17-13-7-2-1-6-12(13)15-9-5-11-19(15)16(20)14-8-3-4-10-18-14/h1-2,6-7,14-15,18H,3-5,8-11H2/t14-,15?/m0/s1. The van der Waals surface area contributed by atoms with Crippen molar-refractivity contribution < 1.29 is 4.79 Å². The van der Waals surface area contributed by atoms with Gasteiger partial charge in [-0.05, 0) is 43.9 Å². The van der Waals surface area contributed by atoms with Crippen LogP contribution in [0.4, 0.5) is 0 Å². The number of amides is 1. The molecule has 1 N–H and O–H groups in total. The van der Waals surface area contributed by atoms with Crippen molar-refractivity contribution in [2.45, 2.75) is 44.2 Å². The lowest BCUT2D eigenvalue weighted by molar-refractivity contribution is -0.135. The summed E-state index contributed by atoms with van der Waals surface area (Å²) in [6.07, 6.45) is 5.37. The van der Waals surface area contributed by atoms with Gasteiger partial charge in [-0.15, -0.1) is 0 Å². The second kappa shape index (κ2) is 6.15. The topological polar surface area (TPSA) is 32.3 Å². The first-order valence-corrected chi connectivity index (χ1v) is 7.93. The van der Waals surface area contributed by atoms with Crippen LogP contribution in [0.3, 0.4) is 0 Å². The van der Waals surface area contributed by atoms with E-state index in [1.165, 1.54) is 6.42 Å². The van der Waals surface area contributed by atoms with Gasteiger partial charge in [0.2, 0.25) is 5.91 Å². The Kier molecular flexibility index (Phi) is 4.27. The molecule has 0 radical (unpaired) electrons. The lowest BCUT2D eigenvalue weighted by Gasteiger charge is -2.31. The number of hydrogen-bond donors (Lipinski definition) is 1. The summed E-state index contributed by atoms with van der Waals surface area (Å²) in [5.74, 6) is 0.257. The van der Waals surface area contributed by atoms with Gasteiger partial charge in [-0.3, -0.25) is 4.79 Å². The summed E-state index contributed by atoms with van der Waals surface area (Å²) in [6.45, 7) is 1.81. The molecule has 1 aromatic rings. The highest BCUT2D eigenvalue weighted by molar-refractivity contribution is 6.31. The molecule has 2 atom stereocenters. The Balaban J connectivity index is 1.78. The first-order chi connectivity index (χ1) is 9.77. The molecular weight excluding hydrogens is 272 g/mol. The van der Waals surface area contributed by atoms with Crippen LogP contribution in [-0.2, 0) is 4.79 Å². The highest BCUT2D eigenvalue weighted by Gasteiger charge is 2.34. The van der Waals surface area contributed by atoms with Gasteiger partial charge in [0.25, 0.3) is 0 Å². The van der Waals surface area contributed by atoms with Crippen molar-refractivity contribution in [3.05, 3.63) is 34.9 Å². The molecule has 20 heavy (non-hydrogen) atoms. The third kappa shape index (κ3) is 2.70. The average Bonchev–Trinajstić information content (AvgIpc) is 2.97. The normalized spacial score (nSPS) is 26.8. The molecule has 0 spiro atoms. The van der Waals surface area contributed by atoms with Crippen LogP contribution in [-0.4, -0.2) is 29.9 Å². The molecule has 2 heterocycles. The van der Waals surface area contributed by atoms with E-state index in [1.807, 2.05) is 29.2 Å². The van der Waals surface area contributed by atoms with E-state index in [0.717, 1.165) is 49.4 Å². The number of nitrogens with one attached hydrogen (secondary N) is 1. The summed E-state index contributed by atoms with van der Waals surface area (Å²) in [5, 5.41) is 4.13. The van der Waals surface area contributed by atoms with Gasteiger partial charge in [0.15, 0.2) is 0 Å². The summed E-state index contributed by atoms with van der Waals surface area (Å²) in [7, 11) is 0. The van der Waals surface area contributed by atoms with Gasteiger partial charge in [-0.25, -0.2) is 0 Å². The van der Waals surface area contributed by atoms with Gasteiger partial charge in [0.05, 0.1) is 12.1 Å². The zero-order valence-electron chi connectivity index (χ0n) is 11.6. The molecule has 1 unspecified atom stereocenters. The van der Waals surface area contributed by atoms with Gasteiger partial charge in [-0.1, -0.05) is 36.2 Å². The molecule has 1 amide bonds. The van der Waals surface area contributed by atoms with Gasteiger partial charge in [0.1, 0.15) is 0 Å². The Bertz CT molecular complexity index is 485. The maximum Gasteiger partial charge on any atom is 0.240 e. The van der Waals surface area contributed by atoms with E-state index in [4.69, 9.17) is 11.6 Å². The summed E-state index contributed by atoms with van der Waals surface area (Å²) in [4.78, 5) is 14.7. The van der Waals surface area contributed by atoms with Crippen LogP contribution in [0.5, 0.6) is 0 Å².